The summed E-state index contributed by atoms with van der Waals surface area (Å²) in [6.07, 6.45) is 3.06. The van der Waals surface area contributed by atoms with Crippen LogP contribution in [0.25, 0.3) is 11.1 Å². The zero-order chi connectivity index (χ0) is 18.7. The van der Waals surface area contributed by atoms with Gasteiger partial charge in [-0.15, -0.1) is 0 Å². The summed E-state index contributed by atoms with van der Waals surface area (Å²) in [5.74, 6) is -1.88. The van der Waals surface area contributed by atoms with Crippen LogP contribution in [0.5, 0.6) is 0 Å². The van der Waals surface area contributed by atoms with Gasteiger partial charge in [0.2, 0.25) is 0 Å². The van der Waals surface area contributed by atoms with Crippen molar-refractivity contribution in [3.8, 4) is 17.2 Å². The molecule has 1 heterocycles. The molecule has 2 aromatic carbocycles. The lowest BCUT2D eigenvalue weighted by Gasteiger charge is -2.16. The summed E-state index contributed by atoms with van der Waals surface area (Å²) in [5, 5.41) is 12.4. The molecule has 0 aliphatic rings. The van der Waals surface area contributed by atoms with Crippen molar-refractivity contribution in [1.82, 2.24) is 4.98 Å². The van der Waals surface area contributed by atoms with Gasteiger partial charge in [-0.25, -0.2) is 8.78 Å². The average molecular weight is 350 g/mol. The second-order valence-corrected chi connectivity index (χ2v) is 5.92. The fourth-order valence-corrected chi connectivity index (χ4v) is 2.56. The molecule has 0 aliphatic heterocycles. The van der Waals surface area contributed by atoms with Crippen molar-refractivity contribution in [2.45, 2.75) is 0 Å². The maximum absolute atomic E-state index is 13.5. The van der Waals surface area contributed by atoms with Crippen LogP contribution < -0.4 is 10.2 Å². The van der Waals surface area contributed by atoms with Crippen molar-refractivity contribution in [2.75, 3.05) is 24.3 Å². The number of anilines is 3. The monoisotopic (exact) mass is 350 g/mol. The van der Waals surface area contributed by atoms with Crippen LogP contribution in [0.15, 0.2) is 54.9 Å². The van der Waals surface area contributed by atoms with E-state index in [1.165, 1.54) is 12.3 Å². The Labute approximate surface area is 150 Å². The molecule has 0 bridgehead atoms. The lowest BCUT2D eigenvalue weighted by atomic mass is 10.0. The topological polar surface area (TPSA) is 52.0 Å². The van der Waals surface area contributed by atoms with Gasteiger partial charge in [0.25, 0.3) is 0 Å². The molecule has 6 heteroatoms. The molecular weight excluding hydrogens is 334 g/mol. The largest absolute Gasteiger partial charge is 0.378 e. The summed E-state index contributed by atoms with van der Waals surface area (Å²) in [6, 6.07) is 13.3. The number of halogens is 2. The Morgan fingerprint density at radius 2 is 1.73 bits per heavy atom. The Kier molecular flexibility index (Phi) is 4.81. The minimum atomic E-state index is -0.959. The molecule has 0 atom stereocenters. The standard InChI is InChI=1S/C20H16F2N4/c1-26(2)16-6-3-13(4-7-16)17-12-24-11-14(10-23)20(17)25-15-5-8-18(21)19(22)9-15/h3-9,11-12H,1-2H3,(H,24,25). The van der Waals surface area contributed by atoms with Crippen LogP contribution in [0.4, 0.5) is 25.8 Å². The van der Waals surface area contributed by atoms with Crippen LogP contribution in [0.1, 0.15) is 5.56 Å². The molecule has 0 fully saturated rings. The summed E-state index contributed by atoms with van der Waals surface area (Å²) < 4.78 is 26.7. The van der Waals surface area contributed by atoms with Crippen molar-refractivity contribution in [2.24, 2.45) is 0 Å². The Balaban J connectivity index is 2.06. The molecule has 0 saturated heterocycles. The van der Waals surface area contributed by atoms with E-state index in [0.717, 1.165) is 23.4 Å². The van der Waals surface area contributed by atoms with Gasteiger partial charge in [0.15, 0.2) is 11.6 Å². The number of hydrogen-bond donors (Lipinski definition) is 1. The normalized spacial score (nSPS) is 10.3. The van der Waals surface area contributed by atoms with Gasteiger partial charge in [0, 0.05) is 49.5 Å². The summed E-state index contributed by atoms with van der Waals surface area (Å²) in [7, 11) is 3.89. The zero-order valence-corrected chi connectivity index (χ0v) is 14.3. The van der Waals surface area contributed by atoms with Gasteiger partial charge in [0.1, 0.15) is 6.07 Å². The summed E-state index contributed by atoms with van der Waals surface area (Å²) >= 11 is 0. The number of nitrogens with one attached hydrogen (secondary N) is 1. The first kappa shape index (κ1) is 17.4. The average Bonchev–Trinajstić information content (AvgIpc) is 2.65. The minimum Gasteiger partial charge on any atom is -0.378 e. The van der Waals surface area contributed by atoms with Crippen LogP contribution in [0.2, 0.25) is 0 Å². The maximum Gasteiger partial charge on any atom is 0.160 e. The molecule has 4 nitrogen and oxygen atoms in total. The quantitative estimate of drug-likeness (QED) is 0.740. The molecule has 0 aliphatic carbocycles. The Morgan fingerprint density at radius 3 is 2.35 bits per heavy atom. The van der Waals surface area contributed by atoms with Crippen molar-refractivity contribution < 1.29 is 8.78 Å². The first-order chi connectivity index (χ1) is 12.5. The molecule has 1 aromatic heterocycles. The van der Waals surface area contributed by atoms with Crippen molar-refractivity contribution >= 4 is 17.1 Å². The Hall–Kier alpha value is -3.46. The molecule has 0 spiro atoms. The molecular formula is C20H16F2N4. The van der Waals surface area contributed by atoms with E-state index >= 15 is 0 Å². The van der Waals surface area contributed by atoms with E-state index in [-0.39, 0.29) is 0 Å². The Morgan fingerprint density at radius 1 is 1.00 bits per heavy atom. The SMILES string of the molecule is CN(C)c1ccc(-c2cncc(C#N)c2Nc2ccc(F)c(F)c2)cc1. The fourth-order valence-electron chi connectivity index (χ4n) is 2.56. The maximum atomic E-state index is 13.5. The van der Waals surface area contributed by atoms with E-state index in [1.54, 1.807) is 6.20 Å². The predicted octanol–water partition coefficient (Wildman–Crippen LogP) is 4.71. The fraction of sp³-hybridized carbons (Fsp3) is 0.100. The van der Waals surface area contributed by atoms with E-state index in [0.29, 0.717) is 22.5 Å². The highest BCUT2D eigenvalue weighted by molar-refractivity contribution is 5.84. The van der Waals surface area contributed by atoms with Gasteiger partial charge in [-0.2, -0.15) is 5.26 Å². The first-order valence-electron chi connectivity index (χ1n) is 7.87. The molecule has 0 amide bonds. The predicted molar refractivity (Wildman–Crippen MR) is 98.4 cm³/mol. The van der Waals surface area contributed by atoms with Crippen LogP contribution >= 0.6 is 0 Å². The highest BCUT2D eigenvalue weighted by atomic mass is 19.2. The van der Waals surface area contributed by atoms with Crippen LogP contribution in [-0.2, 0) is 0 Å². The van der Waals surface area contributed by atoms with E-state index in [1.807, 2.05) is 43.3 Å². The number of hydrogen-bond acceptors (Lipinski definition) is 4. The third-order valence-electron chi connectivity index (χ3n) is 3.95. The van der Waals surface area contributed by atoms with Crippen molar-refractivity contribution in [1.29, 1.82) is 5.26 Å². The third-order valence-corrected chi connectivity index (χ3v) is 3.95. The first-order valence-corrected chi connectivity index (χ1v) is 7.87. The summed E-state index contributed by atoms with van der Waals surface area (Å²) in [4.78, 5) is 6.10. The number of rotatable bonds is 4. The molecule has 1 N–H and O–H groups in total. The van der Waals surface area contributed by atoms with Gasteiger partial charge >= 0.3 is 0 Å². The van der Waals surface area contributed by atoms with Crippen LogP contribution in [0.3, 0.4) is 0 Å². The van der Waals surface area contributed by atoms with Gasteiger partial charge in [-0.1, -0.05) is 12.1 Å². The summed E-state index contributed by atoms with van der Waals surface area (Å²) in [5.41, 5.74) is 3.73. The molecule has 3 rings (SSSR count). The van der Waals surface area contributed by atoms with E-state index in [2.05, 4.69) is 16.4 Å². The summed E-state index contributed by atoms with van der Waals surface area (Å²) in [6.45, 7) is 0. The molecule has 130 valence electrons. The lowest BCUT2D eigenvalue weighted by Crippen LogP contribution is -2.08. The molecule has 26 heavy (non-hydrogen) atoms. The van der Waals surface area contributed by atoms with E-state index in [4.69, 9.17) is 0 Å². The van der Waals surface area contributed by atoms with E-state index in [9.17, 15) is 14.0 Å². The number of nitrogens with zero attached hydrogens (tertiary/aromatic N) is 3. The number of aromatic nitrogens is 1. The van der Waals surface area contributed by atoms with Gasteiger partial charge in [-0.05, 0) is 29.8 Å². The lowest BCUT2D eigenvalue weighted by molar-refractivity contribution is 0.509. The molecule has 0 unspecified atom stereocenters. The molecule has 3 aromatic rings. The second kappa shape index (κ2) is 7.19. The molecule has 0 saturated carbocycles. The van der Waals surface area contributed by atoms with Crippen molar-refractivity contribution in [3.05, 3.63) is 72.1 Å². The highest BCUT2D eigenvalue weighted by Crippen LogP contribution is 2.33. The Bertz CT molecular complexity index is 976. The number of nitriles is 1. The molecule has 0 radical (unpaired) electrons. The number of benzene rings is 2. The third kappa shape index (κ3) is 3.47. The van der Waals surface area contributed by atoms with Crippen LogP contribution in [0, 0.1) is 23.0 Å². The van der Waals surface area contributed by atoms with E-state index < -0.39 is 11.6 Å². The van der Waals surface area contributed by atoms with Gasteiger partial charge in [0.05, 0.1) is 11.3 Å². The van der Waals surface area contributed by atoms with Crippen molar-refractivity contribution in [3.63, 3.8) is 0 Å². The van der Waals surface area contributed by atoms with Gasteiger partial charge in [-0.3, -0.25) is 4.98 Å². The number of pyridine rings is 1. The minimum absolute atomic E-state index is 0.309. The second-order valence-electron chi connectivity index (χ2n) is 5.92. The highest BCUT2D eigenvalue weighted by Gasteiger charge is 2.13. The van der Waals surface area contributed by atoms with Gasteiger partial charge < -0.3 is 10.2 Å². The van der Waals surface area contributed by atoms with Crippen LogP contribution in [-0.4, -0.2) is 19.1 Å². The zero-order valence-electron chi connectivity index (χ0n) is 14.3. The smallest absolute Gasteiger partial charge is 0.160 e.